The topological polar surface area (TPSA) is 47.6 Å². The van der Waals surface area contributed by atoms with Crippen molar-refractivity contribution < 1.29 is 14.3 Å². The molecule has 2 aromatic rings. The van der Waals surface area contributed by atoms with E-state index in [1.165, 1.54) is 11.8 Å². The zero-order valence-corrected chi connectivity index (χ0v) is 15.4. The van der Waals surface area contributed by atoms with Crippen LogP contribution >= 0.6 is 23.4 Å². The third-order valence-electron chi connectivity index (χ3n) is 3.41. The second-order valence-electron chi connectivity index (χ2n) is 5.12. The SMILES string of the molecule is COc1ccc(CNC(=O)[C@@H](C)Sc2ccc(Cl)cc2)cc1OC. The highest BCUT2D eigenvalue weighted by atomic mass is 35.5. The number of amides is 1. The summed E-state index contributed by atoms with van der Waals surface area (Å²) in [5, 5.41) is 3.42. The van der Waals surface area contributed by atoms with Gasteiger partial charge in [0.05, 0.1) is 19.5 Å². The lowest BCUT2D eigenvalue weighted by Gasteiger charge is -2.13. The average molecular weight is 366 g/mol. The quantitative estimate of drug-likeness (QED) is 0.748. The number of hydrogen-bond donors (Lipinski definition) is 1. The molecular formula is C18H20ClNO3S. The highest BCUT2D eigenvalue weighted by Gasteiger charge is 2.14. The van der Waals surface area contributed by atoms with Crippen molar-refractivity contribution in [2.45, 2.75) is 23.6 Å². The minimum absolute atomic E-state index is 0.0234. The monoisotopic (exact) mass is 365 g/mol. The van der Waals surface area contributed by atoms with E-state index in [9.17, 15) is 4.79 Å². The molecule has 24 heavy (non-hydrogen) atoms. The Morgan fingerprint density at radius 3 is 2.42 bits per heavy atom. The summed E-state index contributed by atoms with van der Waals surface area (Å²) in [7, 11) is 3.18. The van der Waals surface area contributed by atoms with Crippen LogP contribution in [0.2, 0.25) is 5.02 Å². The summed E-state index contributed by atoms with van der Waals surface area (Å²) in [4.78, 5) is 13.3. The zero-order chi connectivity index (χ0) is 17.5. The van der Waals surface area contributed by atoms with Gasteiger partial charge in [0.25, 0.3) is 0 Å². The molecule has 0 bridgehead atoms. The molecule has 0 aliphatic carbocycles. The fourth-order valence-corrected chi connectivity index (χ4v) is 3.11. The number of halogens is 1. The predicted molar refractivity (Wildman–Crippen MR) is 98.2 cm³/mol. The van der Waals surface area contributed by atoms with Gasteiger partial charge in [-0.1, -0.05) is 17.7 Å². The lowest BCUT2D eigenvalue weighted by atomic mass is 10.2. The Labute approximate surface area is 151 Å². The second-order valence-corrected chi connectivity index (χ2v) is 6.97. The molecule has 0 aliphatic rings. The van der Waals surface area contributed by atoms with Crippen LogP contribution in [0.4, 0.5) is 0 Å². The molecule has 0 heterocycles. The van der Waals surface area contributed by atoms with E-state index in [2.05, 4.69) is 5.32 Å². The molecular weight excluding hydrogens is 346 g/mol. The molecule has 6 heteroatoms. The molecule has 1 amide bonds. The van der Waals surface area contributed by atoms with Gasteiger partial charge in [0.1, 0.15) is 0 Å². The van der Waals surface area contributed by atoms with Crippen LogP contribution in [0.1, 0.15) is 12.5 Å². The van der Waals surface area contributed by atoms with Gasteiger partial charge in [0.15, 0.2) is 11.5 Å². The number of carbonyl (C=O) groups is 1. The van der Waals surface area contributed by atoms with Gasteiger partial charge in [-0.3, -0.25) is 4.79 Å². The maximum Gasteiger partial charge on any atom is 0.233 e. The van der Waals surface area contributed by atoms with Crippen LogP contribution < -0.4 is 14.8 Å². The maximum atomic E-state index is 12.3. The van der Waals surface area contributed by atoms with Gasteiger partial charge < -0.3 is 14.8 Å². The Morgan fingerprint density at radius 2 is 1.79 bits per heavy atom. The van der Waals surface area contributed by atoms with Crippen molar-refractivity contribution in [2.24, 2.45) is 0 Å². The van der Waals surface area contributed by atoms with Crippen LogP contribution in [0.25, 0.3) is 0 Å². The Kier molecular flexibility index (Phi) is 6.82. The third kappa shape index (κ3) is 5.08. The van der Waals surface area contributed by atoms with E-state index in [1.807, 2.05) is 49.4 Å². The van der Waals surface area contributed by atoms with Crippen LogP contribution in [0.3, 0.4) is 0 Å². The molecule has 0 radical (unpaired) electrons. The van der Waals surface area contributed by atoms with Crippen LogP contribution in [0.5, 0.6) is 11.5 Å². The van der Waals surface area contributed by atoms with E-state index in [0.717, 1.165) is 10.5 Å². The standard InChI is InChI=1S/C18H20ClNO3S/c1-12(24-15-7-5-14(19)6-8-15)18(21)20-11-13-4-9-16(22-2)17(10-13)23-3/h4-10,12H,11H2,1-3H3,(H,20,21)/t12-/m1/s1. The average Bonchev–Trinajstić information content (AvgIpc) is 2.61. The molecule has 0 aromatic heterocycles. The first kappa shape index (κ1) is 18.5. The molecule has 0 saturated carbocycles. The summed E-state index contributed by atoms with van der Waals surface area (Å²) in [5.41, 5.74) is 0.949. The van der Waals surface area contributed by atoms with Crippen molar-refractivity contribution in [1.82, 2.24) is 5.32 Å². The van der Waals surface area contributed by atoms with E-state index in [0.29, 0.717) is 23.1 Å². The predicted octanol–water partition coefficient (Wildman–Crippen LogP) is 4.15. The van der Waals surface area contributed by atoms with Crippen LogP contribution in [0.15, 0.2) is 47.4 Å². The van der Waals surface area contributed by atoms with Crippen LogP contribution in [-0.2, 0) is 11.3 Å². The molecule has 1 N–H and O–H groups in total. The maximum absolute atomic E-state index is 12.3. The van der Waals surface area contributed by atoms with Gasteiger partial charge in [-0.25, -0.2) is 0 Å². The third-order valence-corrected chi connectivity index (χ3v) is 4.77. The van der Waals surface area contributed by atoms with Gasteiger partial charge in [-0.2, -0.15) is 0 Å². The number of hydrogen-bond acceptors (Lipinski definition) is 4. The van der Waals surface area contributed by atoms with Crippen LogP contribution in [0, 0.1) is 0 Å². The molecule has 0 fully saturated rings. The highest BCUT2D eigenvalue weighted by Crippen LogP contribution is 2.28. The number of thioether (sulfide) groups is 1. The van der Waals surface area contributed by atoms with Gasteiger partial charge in [0, 0.05) is 16.5 Å². The largest absolute Gasteiger partial charge is 0.493 e. The lowest BCUT2D eigenvalue weighted by molar-refractivity contribution is -0.120. The molecule has 2 aromatic carbocycles. The van der Waals surface area contributed by atoms with Gasteiger partial charge >= 0.3 is 0 Å². The van der Waals surface area contributed by atoms with E-state index in [1.54, 1.807) is 14.2 Å². The minimum atomic E-state index is -0.202. The van der Waals surface area contributed by atoms with Crippen molar-refractivity contribution in [3.63, 3.8) is 0 Å². The summed E-state index contributed by atoms with van der Waals surface area (Å²) in [6, 6.07) is 13.0. The normalized spacial score (nSPS) is 11.7. The number of nitrogens with one attached hydrogen (secondary N) is 1. The summed E-state index contributed by atoms with van der Waals surface area (Å²) >= 11 is 7.36. The number of benzene rings is 2. The van der Waals surface area contributed by atoms with Crippen molar-refractivity contribution in [2.75, 3.05) is 14.2 Å². The number of rotatable bonds is 7. The Balaban J connectivity index is 1.91. The van der Waals surface area contributed by atoms with E-state index >= 15 is 0 Å². The molecule has 4 nitrogen and oxygen atoms in total. The van der Waals surface area contributed by atoms with E-state index < -0.39 is 0 Å². The zero-order valence-electron chi connectivity index (χ0n) is 13.8. The molecule has 1 atom stereocenters. The smallest absolute Gasteiger partial charge is 0.233 e. The summed E-state index contributed by atoms with van der Waals surface area (Å²) in [6.07, 6.45) is 0. The number of ether oxygens (including phenoxy) is 2. The number of carbonyl (C=O) groups excluding carboxylic acids is 1. The molecule has 0 spiro atoms. The van der Waals surface area contributed by atoms with Gasteiger partial charge in [-0.15, -0.1) is 11.8 Å². The highest BCUT2D eigenvalue weighted by molar-refractivity contribution is 8.00. The fraction of sp³-hybridized carbons (Fsp3) is 0.278. The summed E-state index contributed by atoms with van der Waals surface area (Å²) in [6.45, 7) is 2.31. The Bertz CT molecular complexity index is 691. The number of methoxy groups -OCH3 is 2. The first-order chi connectivity index (χ1) is 11.5. The minimum Gasteiger partial charge on any atom is -0.493 e. The summed E-state index contributed by atoms with van der Waals surface area (Å²) < 4.78 is 10.5. The van der Waals surface area contributed by atoms with Gasteiger partial charge in [0.2, 0.25) is 5.91 Å². The Hall–Kier alpha value is -1.85. The van der Waals surface area contributed by atoms with Crippen molar-refractivity contribution >= 4 is 29.3 Å². The fourth-order valence-electron chi connectivity index (χ4n) is 2.09. The molecule has 128 valence electrons. The molecule has 0 saturated heterocycles. The second kappa shape index (κ2) is 8.85. The van der Waals surface area contributed by atoms with Crippen molar-refractivity contribution in [3.8, 4) is 11.5 Å². The van der Waals surface area contributed by atoms with Gasteiger partial charge in [-0.05, 0) is 48.9 Å². The van der Waals surface area contributed by atoms with Crippen LogP contribution in [-0.4, -0.2) is 25.4 Å². The summed E-state index contributed by atoms with van der Waals surface area (Å²) in [5.74, 6) is 1.29. The molecule has 2 rings (SSSR count). The van der Waals surface area contributed by atoms with Crippen molar-refractivity contribution in [3.05, 3.63) is 53.1 Å². The first-order valence-corrected chi connectivity index (χ1v) is 8.70. The first-order valence-electron chi connectivity index (χ1n) is 7.44. The van der Waals surface area contributed by atoms with Crippen molar-refractivity contribution in [1.29, 1.82) is 0 Å². The van der Waals surface area contributed by atoms with E-state index in [4.69, 9.17) is 21.1 Å². The Morgan fingerprint density at radius 1 is 1.12 bits per heavy atom. The molecule has 0 unspecified atom stereocenters. The lowest BCUT2D eigenvalue weighted by Crippen LogP contribution is -2.30. The molecule has 0 aliphatic heterocycles. The van der Waals surface area contributed by atoms with E-state index in [-0.39, 0.29) is 11.2 Å².